The molecule has 1 N–H and O–H groups in total. The van der Waals surface area contributed by atoms with Crippen LogP contribution >= 0.6 is 0 Å². The monoisotopic (exact) mass is 398 g/mol. The molecule has 8 nitrogen and oxygen atoms in total. The maximum absolute atomic E-state index is 13.3. The Morgan fingerprint density at radius 2 is 1.76 bits per heavy atom. The van der Waals surface area contributed by atoms with E-state index >= 15 is 0 Å². The molecule has 1 amide bonds. The molecule has 152 valence electrons. The van der Waals surface area contributed by atoms with E-state index in [0.29, 0.717) is 26.3 Å². The number of rotatable bonds is 7. The smallest absolute Gasteiger partial charge is 0.335 e. The highest BCUT2D eigenvalue weighted by atomic mass is 16.6. The largest absolute Gasteiger partial charge is 0.478 e. The van der Waals surface area contributed by atoms with Crippen molar-refractivity contribution in [1.29, 1.82) is 0 Å². The predicted octanol–water partition coefficient (Wildman–Crippen LogP) is 3.36. The minimum atomic E-state index is -1.32. The van der Waals surface area contributed by atoms with Crippen LogP contribution in [0, 0.1) is 16.0 Å². The van der Waals surface area contributed by atoms with Crippen LogP contribution in [0.25, 0.3) is 0 Å². The van der Waals surface area contributed by atoms with E-state index in [1.165, 1.54) is 6.07 Å². The Labute approximate surface area is 167 Å². The van der Waals surface area contributed by atoms with Crippen LogP contribution in [0.15, 0.2) is 48.5 Å². The number of carbonyl (C=O) groups excluding carboxylic acids is 1. The second kappa shape index (κ2) is 9.29. The number of aromatic carboxylic acids is 1. The maximum Gasteiger partial charge on any atom is 0.335 e. The lowest BCUT2D eigenvalue weighted by atomic mass is 9.98. The molecule has 8 heteroatoms. The summed E-state index contributed by atoms with van der Waals surface area (Å²) in [6, 6.07) is 12.7. The van der Waals surface area contributed by atoms with Crippen LogP contribution in [-0.2, 0) is 11.3 Å². The number of carboxylic acids is 1. The van der Waals surface area contributed by atoms with E-state index in [-0.39, 0.29) is 17.0 Å². The first-order chi connectivity index (χ1) is 13.9. The molecule has 29 heavy (non-hydrogen) atoms. The van der Waals surface area contributed by atoms with Gasteiger partial charge in [-0.2, -0.15) is 0 Å². The molecule has 0 bridgehead atoms. The molecule has 1 aliphatic heterocycles. The van der Waals surface area contributed by atoms with Crippen LogP contribution in [0.3, 0.4) is 0 Å². The van der Waals surface area contributed by atoms with Crippen molar-refractivity contribution >= 4 is 17.6 Å². The zero-order chi connectivity index (χ0) is 20.8. The number of carboxylic acid groups (broad SMARTS) is 1. The summed E-state index contributed by atoms with van der Waals surface area (Å²) in [5.74, 6) is -1.48. The van der Waals surface area contributed by atoms with Crippen LogP contribution in [0.4, 0.5) is 5.69 Å². The van der Waals surface area contributed by atoms with Gasteiger partial charge in [0.05, 0.1) is 10.5 Å². The van der Waals surface area contributed by atoms with E-state index in [0.717, 1.165) is 30.5 Å². The van der Waals surface area contributed by atoms with Gasteiger partial charge >= 0.3 is 5.97 Å². The highest BCUT2D eigenvalue weighted by Gasteiger charge is 2.25. The zero-order valence-corrected chi connectivity index (χ0v) is 15.8. The van der Waals surface area contributed by atoms with Gasteiger partial charge in [-0.05, 0) is 30.4 Å². The standard InChI is InChI=1S/C21H22N2O6/c24-20(17-10-18(21(25)26)12-19(11-17)23(27)28)22(13-15-4-2-1-3-5-15)14-16-6-8-29-9-7-16/h1-5,10-12,16H,6-9,13-14H2,(H,25,26). The third-order valence-corrected chi connectivity index (χ3v) is 4.95. The number of ether oxygens (including phenoxy) is 1. The van der Waals surface area contributed by atoms with E-state index in [1.54, 1.807) is 4.90 Å². The summed E-state index contributed by atoms with van der Waals surface area (Å²) in [7, 11) is 0. The summed E-state index contributed by atoms with van der Waals surface area (Å²) in [5, 5.41) is 20.5. The summed E-state index contributed by atoms with van der Waals surface area (Å²) in [6.45, 7) is 2.08. The molecular formula is C21H22N2O6. The van der Waals surface area contributed by atoms with Crippen LogP contribution in [0.2, 0.25) is 0 Å². The normalized spacial score (nSPS) is 14.3. The van der Waals surface area contributed by atoms with Crippen molar-refractivity contribution in [2.45, 2.75) is 19.4 Å². The van der Waals surface area contributed by atoms with Gasteiger partial charge in [-0.15, -0.1) is 0 Å². The Bertz CT molecular complexity index is 861. The Morgan fingerprint density at radius 1 is 1.10 bits per heavy atom. The average Bonchev–Trinajstić information content (AvgIpc) is 2.74. The molecule has 1 heterocycles. The van der Waals surface area contributed by atoms with Gasteiger partial charge in [-0.1, -0.05) is 30.3 Å². The SMILES string of the molecule is O=C(O)c1cc(C(=O)N(Cc2ccccc2)CC2CCOCC2)cc([N+](=O)[O-])c1. The third-order valence-electron chi connectivity index (χ3n) is 4.95. The molecule has 1 saturated heterocycles. The highest BCUT2D eigenvalue weighted by Crippen LogP contribution is 2.23. The molecular weight excluding hydrogens is 376 g/mol. The number of amides is 1. The summed E-state index contributed by atoms with van der Waals surface area (Å²) in [4.78, 5) is 36.8. The minimum absolute atomic E-state index is 0.000379. The van der Waals surface area contributed by atoms with Crippen molar-refractivity contribution in [3.8, 4) is 0 Å². The molecule has 0 aliphatic carbocycles. The molecule has 1 fully saturated rings. The Hall–Kier alpha value is -3.26. The molecule has 0 spiro atoms. The third kappa shape index (κ3) is 5.39. The van der Waals surface area contributed by atoms with E-state index < -0.39 is 22.5 Å². The fourth-order valence-electron chi connectivity index (χ4n) is 3.41. The average molecular weight is 398 g/mol. The number of nitrogens with zero attached hydrogens (tertiary/aromatic N) is 2. The van der Waals surface area contributed by atoms with Gasteiger partial charge in [0.2, 0.25) is 0 Å². The second-order valence-corrected chi connectivity index (χ2v) is 7.06. The predicted molar refractivity (Wildman–Crippen MR) is 105 cm³/mol. The highest BCUT2D eigenvalue weighted by molar-refractivity contribution is 5.98. The van der Waals surface area contributed by atoms with Crippen LogP contribution in [0.1, 0.15) is 39.1 Å². The van der Waals surface area contributed by atoms with Gasteiger partial charge in [-0.3, -0.25) is 14.9 Å². The molecule has 1 aliphatic rings. The lowest BCUT2D eigenvalue weighted by Gasteiger charge is -2.30. The fraction of sp³-hybridized carbons (Fsp3) is 0.333. The van der Waals surface area contributed by atoms with Crippen molar-refractivity contribution in [3.05, 3.63) is 75.3 Å². The van der Waals surface area contributed by atoms with Gasteiger partial charge in [0, 0.05) is 44.0 Å². The number of nitro groups is 1. The Kier molecular flexibility index (Phi) is 6.56. The fourth-order valence-corrected chi connectivity index (χ4v) is 3.41. The first-order valence-electron chi connectivity index (χ1n) is 9.38. The number of nitro benzene ring substituents is 1. The van der Waals surface area contributed by atoms with Crippen LogP contribution in [0.5, 0.6) is 0 Å². The first kappa shape index (κ1) is 20.5. The summed E-state index contributed by atoms with van der Waals surface area (Å²) >= 11 is 0. The quantitative estimate of drug-likeness (QED) is 0.566. The molecule has 2 aromatic carbocycles. The zero-order valence-electron chi connectivity index (χ0n) is 15.8. The Balaban J connectivity index is 1.92. The molecule has 0 radical (unpaired) electrons. The van der Waals surface area contributed by atoms with Gasteiger partial charge in [0.1, 0.15) is 0 Å². The molecule has 2 aromatic rings. The van der Waals surface area contributed by atoms with E-state index in [1.807, 2.05) is 30.3 Å². The molecule has 0 saturated carbocycles. The van der Waals surface area contributed by atoms with Crippen molar-refractivity contribution in [2.24, 2.45) is 5.92 Å². The van der Waals surface area contributed by atoms with Crippen molar-refractivity contribution < 1.29 is 24.4 Å². The van der Waals surface area contributed by atoms with Gasteiger partial charge in [0.15, 0.2) is 0 Å². The van der Waals surface area contributed by atoms with Gasteiger partial charge in [0.25, 0.3) is 11.6 Å². The molecule has 0 atom stereocenters. The topological polar surface area (TPSA) is 110 Å². The number of carbonyl (C=O) groups is 2. The summed E-state index contributed by atoms with van der Waals surface area (Å²) in [6.07, 6.45) is 1.65. The van der Waals surface area contributed by atoms with Crippen molar-refractivity contribution in [3.63, 3.8) is 0 Å². The van der Waals surface area contributed by atoms with Crippen LogP contribution < -0.4 is 0 Å². The molecule has 0 unspecified atom stereocenters. The van der Waals surface area contributed by atoms with Crippen LogP contribution in [-0.4, -0.2) is 46.6 Å². The first-order valence-corrected chi connectivity index (χ1v) is 9.38. The van der Waals surface area contributed by atoms with Gasteiger partial charge < -0.3 is 14.7 Å². The summed E-state index contributed by atoms with van der Waals surface area (Å²) in [5.41, 5.74) is 0.226. The number of benzene rings is 2. The van der Waals surface area contributed by atoms with Crippen molar-refractivity contribution in [1.82, 2.24) is 4.90 Å². The van der Waals surface area contributed by atoms with E-state index in [9.17, 15) is 24.8 Å². The maximum atomic E-state index is 13.3. The second-order valence-electron chi connectivity index (χ2n) is 7.06. The van der Waals surface area contributed by atoms with Crippen molar-refractivity contribution in [2.75, 3.05) is 19.8 Å². The van der Waals surface area contributed by atoms with Gasteiger partial charge in [-0.25, -0.2) is 4.79 Å². The van der Waals surface area contributed by atoms with E-state index in [2.05, 4.69) is 0 Å². The molecule has 0 aromatic heterocycles. The Morgan fingerprint density at radius 3 is 2.38 bits per heavy atom. The summed E-state index contributed by atoms with van der Waals surface area (Å²) < 4.78 is 5.39. The molecule has 3 rings (SSSR count). The minimum Gasteiger partial charge on any atom is -0.478 e. The number of hydrogen-bond donors (Lipinski definition) is 1. The lowest BCUT2D eigenvalue weighted by Crippen LogP contribution is -2.37. The number of hydrogen-bond acceptors (Lipinski definition) is 5. The lowest BCUT2D eigenvalue weighted by molar-refractivity contribution is -0.384. The van der Waals surface area contributed by atoms with E-state index in [4.69, 9.17) is 4.74 Å². The number of non-ortho nitro benzene ring substituents is 1.